The number of nitrogens with one attached hydrogen (secondary N) is 1. The molecule has 0 aliphatic carbocycles. The van der Waals surface area contributed by atoms with E-state index in [9.17, 15) is 9.59 Å². The van der Waals surface area contributed by atoms with Gasteiger partial charge in [0.25, 0.3) is 0 Å². The molecule has 6 heteroatoms. The van der Waals surface area contributed by atoms with Crippen LogP contribution in [0.2, 0.25) is 0 Å². The van der Waals surface area contributed by atoms with Gasteiger partial charge in [-0.1, -0.05) is 43.0 Å². The molecule has 1 rings (SSSR count). The van der Waals surface area contributed by atoms with E-state index in [1.165, 1.54) is 5.56 Å². The van der Waals surface area contributed by atoms with Crippen LogP contribution in [0.3, 0.4) is 0 Å². The molecule has 0 aromatic heterocycles. The number of hydrogen-bond acceptors (Lipinski definition) is 6. The van der Waals surface area contributed by atoms with Crippen molar-refractivity contribution in [2.24, 2.45) is 0 Å². The highest BCUT2D eigenvalue weighted by molar-refractivity contribution is 5.77. The molecule has 1 aromatic rings. The zero-order chi connectivity index (χ0) is 17.9. The highest BCUT2D eigenvalue weighted by Gasteiger charge is 2.06. The molecule has 0 amide bonds. The van der Waals surface area contributed by atoms with Gasteiger partial charge in [-0.15, -0.1) is 0 Å². The highest BCUT2D eigenvalue weighted by Crippen LogP contribution is 1.97. The maximum atomic E-state index is 10.7. The fourth-order valence-electron chi connectivity index (χ4n) is 1.26. The van der Waals surface area contributed by atoms with E-state index >= 15 is 0 Å². The zero-order valence-electron chi connectivity index (χ0n) is 13.5. The Morgan fingerprint density at radius 2 is 1.48 bits per heavy atom. The zero-order valence-corrected chi connectivity index (χ0v) is 13.5. The summed E-state index contributed by atoms with van der Waals surface area (Å²) in [5, 5.41) is 5.40. The Labute approximate surface area is 136 Å². The standard InChI is InChI=1S/C8H14O4.C8H8.CHNO/c1-3-11-7(9)5-6-8(10)12-4-2;1-2-8-6-4-3-5-7-8;2-1-3/h3-6H2,1-2H3;2-7H,1H2;2H. The molecule has 0 spiro atoms. The summed E-state index contributed by atoms with van der Waals surface area (Å²) >= 11 is 0. The Bertz CT molecular complexity index is 461. The number of ether oxygens (including phenoxy) is 2. The molecule has 0 heterocycles. The lowest BCUT2D eigenvalue weighted by molar-refractivity contribution is -0.149. The summed E-state index contributed by atoms with van der Waals surface area (Å²) < 4.78 is 9.25. The van der Waals surface area contributed by atoms with E-state index in [0.717, 1.165) is 6.08 Å². The number of rotatable bonds is 6. The quantitative estimate of drug-likeness (QED) is 0.493. The Hall–Kier alpha value is -2.72. The van der Waals surface area contributed by atoms with E-state index < -0.39 is 0 Å². The van der Waals surface area contributed by atoms with Gasteiger partial charge in [-0.2, -0.15) is 0 Å². The van der Waals surface area contributed by atoms with Crippen LogP contribution in [0.15, 0.2) is 36.9 Å². The normalized spacial score (nSPS) is 8.09. The van der Waals surface area contributed by atoms with Gasteiger partial charge in [0, 0.05) is 0 Å². The van der Waals surface area contributed by atoms with Crippen molar-refractivity contribution < 1.29 is 23.9 Å². The average Bonchev–Trinajstić information content (AvgIpc) is 2.56. The fraction of sp³-hybridized carbons (Fsp3) is 0.353. The summed E-state index contributed by atoms with van der Waals surface area (Å²) in [4.78, 5) is 29.8. The SMILES string of the molecule is C=Cc1ccccc1.CCOC(=O)CCC(=O)OCC.N=C=O. The number of esters is 2. The molecule has 0 aliphatic heterocycles. The lowest BCUT2D eigenvalue weighted by atomic mass is 10.2. The summed E-state index contributed by atoms with van der Waals surface area (Å²) in [5.41, 5.74) is 1.17. The molecule has 0 saturated heterocycles. The average molecular weight is 321 g/mol. The van der Waals surface area contributed by atoms with Crippen LogP contribution < -0.4 is 0 Å². The summed E-state index contributed by atoms with van der Waals surface area (Å²) in [7, 11) is 0. The van der Waals surface area contributed by atoms with Crippen LogP contribution in [-0.2, 0) is 23.9 Å². The monoisotopic (exact) mass is 321 g/mol. The van der Waals surface area contributed by atoms with Crippen LogP contribution in [0.5, 0.6) is 0 Å². The Balaban J connectivity index is 0. The van der Waals surface area contributed by atoms with Crippen LogP contribution in [0, 0.1) is 5.41 Å². The second-order valence-corrected chi connectivity index (χ2v) is 3.83. The molecule has 1 N–H and O–H groups in total. The molecule has 0 saturated carbocycles. The maximum Gasteiger partial charge on any atom is 0.306 e. The smallest absolute Gasteiger partial charge is 0.306 e. The van der Waals surface area contributed by atoms with E-state index in [-0.39, 0.29) is 24.8 Å². The van der Waals surface area contributed by atoms with Gasteiger partial charge < -0.3 is 9.47 Å². The largest absolute Gasteiger partial charge is 0.466 e. The number of carbonyl (C=O) groups is 2. The Kier molecular flexibility index (Phi) is 17.0. The lowest BCUT2D eigenvalue weighted by Gasteiger charge is -2.01. The number of hydrogen-bond donors (Lipinski definition) is 1. The molecular weight excluding hydrogens is 298 g/mol. The van der Waals surface area contributed by atoms with Crippen LogP contribution in [0.25, 0.3) is 6.08 Å². The molecule has 0 atom stereocenters. The van der Waals surface area contributed by atoms with Crippen LogP contribution in [0.4, 0.5) is 0 Å². The van der Waals surface area contributed by atoms with Crippen molar-refractivity contribution in [2.75, 3.05) is 13.2 Å². The maximum absolute atomic E-state index is 10.7. The first-order valence-electron chi connectivity index (χ1n) is 7.08. The highest BCUT2D eigenvalue weighted by atomic mass is 16.5. The van der Waals surface area contributed by atoms with Crippen molar-refractivity contribution in [3.05, 3.63) is 42.5 Å². The first-order chi connectivity index (χ1) is 11.0. The van der Waals surface area contributed by atoms with Crippen LogP contribution in [0.1, 0.15) is 32.3 Å². The molecule has 126 valence electrons. The predicted octanol–water partition coefficient (Wildman–Crippen LogP) is 3.12. The van der Waals surface area contributed by atoms with Crippen molar-refractivity contribution in [3.8, 4) is 0 Å². The minimum absolute atomic E-state index is 0.104. The minimum Gasteiger partial charge on any atom is -0.466 e. The van der Waals surface area contributed by atoms with Crippen molar-refractivity contribution in [1.82, 2.24) is 0 Å². The van der Waals surface area contributed by atoms with Gasteiger partial charge in [-0.25, -0.2) is 10.2 Å². The molecular formula is C17H23NO5. The van der Waals surface area contributed by atoms with Crippen molar-refractivity contribution in [1.29, 1.82) is 5.41 Å². The molecule has 23 heavy (non-hydrogen) atoms. The molecule has 1 aromatic carbocycles. The number of benzene rings is 1. The number of isocyanates is 1. The van der Waals surface area contributed by atoms with E-state index in [2.05, 4.69) is 16.1 Å². The third kappa shape index (κ3) is 17.2. The number of carbonyl (C=O) groups excluding carboxylic acids is 3. The second kappa shape index (κ2) is 17.3. The topological polar surface area (TPSA) is 93.5 Å². The fourth-order valence-corrected chi connectivity index (χ4v) is 1.26. The molecule has 6 nitrogen and oxygen atoms in total. The molecule has 0 bridgehead atoms. The van der Waals surface area contributed by atoms with Crippen LogP contribution in [-0.4, -0.2) is 31.2 Å². The van der Waals surface area contributed by atoms with E-state index in [1.807, 2.05) is 36.4 Å². The van der Waals surface area contributed by atoms with Crippen molar-refractivity contribution in [2.45, 2.75) is 26.7 Å². The molecule has 0 aliphatic rings. The van der Waals surface area contributed by atoms with Gasteiger partial charge in [-0.05, 0) is 19.4 Å². The van der Waals surface area contributed by atoms with Gasteiger partial charge in [-0.3, -0.25) is 9.59 Å². The predicted molar refractivity (Wildman–Crippen MR) is 87.4 cm³/mol. The van der Waals surface area contributed by atoms with E-state index in [1.54, 1.807) is 13.8 Å². The first-order valence-corrected chi connectivity index (χ1v) is 7.08. The Morgan fingerprint density at radius 3 is 1.74 bits per heavy atom. The van der Waals surface area contributed by atoms with Gasteiger partial charge in [0.2, 0.25) is 6.08 Å². The van der Waals surface area contributed by atoms with E-state index in [0.29, 0.717) is 13.2 Å². The first kappa shape index (κ1) is 22.6. The van der Waals surface area contributed by atoms with Crippen LogP contribution >= 0.6 is 0 Å². The third-order valence-electron chi connectivity index (χ3n) is 2.18. The molecule has 0 fully saturated rings. The third-order valence-corrected chi connectivity index (χ3v) is 2.18. The van der Waals surface area contributed by atoms with E-state index in [4.69, 9.17) is 10.2 Å². The minimum atomic E-state index is -0.356. The van der Waals surface area contributed by atoms with Gasteiger partial charge in [0.1, 0.15) is 0 Å². The molecule has 0 radical (unpaired) electrons. The Morgan fingerprint density at radius 1 is 1.09 bits per heavy atom. The lowest BCUT2D eigenvalue weighted by Crippen LogP contribution is -2.09. The van der Waals surface area contributed by atoms with Crippen molar-refractivity contribution >= 4 is 24.1 Å². The second-order valence-electron chi connectivity index (χ2n) is 3.83. The van der Waals surface area contributed by atoms with Crippen molar-refractivity contribution in [3.63, 3.8) is 0 Å². The summed E-state index contributed by atoms with van der Waals surface area (Å²) in [6.45, 7) is 7.78. The summed E-state index contributed by atoms with van der Waals surface area (Å²) in [6.07, 6.45) is 2.79. The van der Waals surface area contributed by atoms with Gasteiger partial charge in [0.05, 0.1) is 26.1 Å². The summed E-state index contributed by atoms with van der Waals surface area (Å²) in [5.74, 6) is -0.712. The summed E-state index contributed by atoms with van der Waals surface area (Å²) in [6, 6.07) is 10.0. The van der Waals surface area contributed by atoms with Gasteiger partial charge in [0.15, 0.2) is 0 Å². The molecule has 0 unspecified atom stereocenters. The van der Waals surface area contributed by atoms with Gasteiger partial charge >= 0.3 is 11.9 Å².